The van der Waals surface area contributed by atoms with E-state index in [0.717, 1.165) is 0 Å². The summed E-state index contributed by atoms with van der Waals surface area (Å²) in [5, 5.41) is 2.98. The van der Waals surface area contributed by atoms with Gasteiger partial charge in [0.1, 0.15) is 48.0 Å². The van der Waals surface area contributed by atoms with Gasteiger partial charge in [-0.05, 0) is 115 Å². The quantitative estimate of drug-likeness (QED) is 0.102. The van der Waals surface area contributed by atoms with Gasteiger partial charge in [-0.2, -0.15) is 9.97 Å². The second kappa shape index (κ2) is 23.4. The SMILES string of the molecule is CC(C)(C)[Si](C)(C)OC[C@H]1O[C@@H](n2ccc(NCCc3nc(N)nc4c3ncn4[C@@H]3O[C@H](CO[Si](C)(C)C(C)(C)C)[C@@H](O[Si](C)(C)C(C)(C)C)[C@H]3O[Si](C)(C)C(C)(C)C)nc2=O)[C@H](O[Si](C)(C)C(C)(C)C)[C@@H]1O[Si](C)(C)C(C)(C)C. The number of hydrogen-bond donors (Lipinski definition) is 2. The van der Waals surface area contributed by atoms with Crippen molar-refractivity contribution in [3.63, 3.8) is 0 Å². The van der Waals surface area contributed by atoms with E-state index in [0.29, 0.717) is 48.9 Å². The normalized spacial score (nSPS) is 23.9. The number of rotatable bonds is 20. The molecule has 2 aliphatic rings. The van der Waals surface area contributed by atoms with Crippen LogP contribution < -0.4 is 16.7 Å². The lowest BCUT2D eigenvalue weighted by molar-refractivity contribution is -0.0509. The Morgan fingerprint density at radius 1 is 0.525 bits per heavy atom. The van der Waals surface area contributed by atoms with E-state index in [2.05, 4.69) is 213 Å². The highest BCUT2D eigenvalue weighted by atomic mass is 28.4. The first-order chi connectivity index (χ1) is 35.8. The summed E-state index contributed by atoms with van der Waals surface area (Å²) in [6.07, 6.45) is -0.483. The molecule has 0 bridgehead atoms. The fourth-order valence-electron chi connectivity index (χ4n) is 8.12. The van der Waals surface area contributed by atoms with Crippen molar-refractivity contribution in [2.75, 3.05) is 30.8 Å². The van der Waals surface area contributed by atoms with Crippen LogP contribution >= 0.6 is 0 Å². The van der Waals surface area contributed by atoms with Crippen molar-refractivity contribution in [3.05, 3.63) is 34.8 Å². The molecule has 0 spiro atoms. The largest absolute Gasteiger partial charge is 0.414 e. The average Bonchev–Trinajstić information content (AvgIpc) is 3.92. The number of nitrogens with two attached hydrogens (primary N) is 1. The second-order valence-corrected chi connectivity index (χ2v) is 60.8. The molecule has 5 heterocycles. The zero-order valence-corrected chi connectivity index (χ0v) is 61.6. The topological polar surface area (TPSA) is 190 Å². The van der Waals surface area contributed by atoms with Crippen LogP contribution in [0, 0.1) is 0 Å². The first kappa shape index (κ1) is 68.8. The summed E-state index contributed by atoms with van der Waals surface area (Å²) in [7, 11) is -14.1. The Morgan fingerprint density at radius 3 is 1.25 bits per heavy atom. The predicted molar refractivity (Wildman–Crippen MR) is 343 cm³/mol. The lowest BCUT2D eigenvalue weighted by Crippen LogP contribution is -2.54. The van der Waals surface area contributed by atoms with E-state index in [-0.39, 0.29) is 36.2 Å². The highest BCUT2D eigenvalue weighted by molar-refractivity contribution is 6.76. The van der Waals surface area contributed by atoms with Crippen LogP contribution in [0.5, 0.6) is 0 Å². The van der Waals surface area contributed by atoms with Gasteiger partial charge in [0.25, 0.3) is 0 Å². The molecule has 2 fully saturated rings. The van der Waals surface area contributed by atoms with Crippen LogP contribution in [0.1, 0.15) is 143 Å². The Kier molecular flexibility index (Phi) is 20.1. The van der Waals surface area contributed by atoms with E-state index in [1.807, 2.05) is 10.6 Å². The molecule has 0 unspecified atom stereocenters. The molecule has 2 aliphatic heterocycles. The highest BCUT2D eigenvalue weighted by Crippen LogP contribution is 2.49. The number of ether oxygens (including phenoxy) is 2. The van der Waals surface area contributed by atoms with Crippen LogP contribution in [0.15, 0.2) is 23.4 Å². The number of nitrogen functional groups attached to an aromatic ring is 1. The third-order valence-corrected chi connectivity index (χ3v) is 46.8. The molecule has 0 aliphatic carbocycles. The lowest BCUT2D eigenvalue weighted by atomic mass is 10.1. The molecule has 0 radical (unpaired) electrons. The molecule has 8 atom stereocenters. The molecule has 23 heteroatoms. The van der Waals surface area contributed by atoms with E-state index in [4.69, 9.17) is 56.7 Å². The van der Waals surface area contributed by atoms with Gasteiger partial charge in [-0.25, -0.2) is 14.8 Å². The smallest absolute Gasteiger partial charge is 0.351 e. The molecule has 2 saturated heterocycles. The van der Waals surface area contributed by atoms with Crippen LogP contribution in [-0.4, -0.2) is 135 Å². The van der Waals surface area contributed by atoms with Crippen molar-refractivity contribution >= 4 is 72.8 Å². The van der Waals surface area contributed by atoms with Gasteiger partial charge in [0, 0.05) is 19.2 Å². The number of imidazole rings is 1. The molecule has 3 aromatic heterocycles. The third-order valence-electron chi connectivity index (χ3n) is 19.9. The van der Waals surface area contributed by atoms with Crippen LogP contribution in [-0.2, 0) is 42.5 Å². The van der Waals surface area contributed by atoms with Crippen LogP contribution in [0.25, 0.3) is 11.2 Å². The van der Waals surface area contributed by atoms with E-state index < -0.39 is 105 Å². The number of nitrogens with zero attached hydrogens (tertiary/aromatic N) is 6. The number of hydrogen-bond acceptors (Lipinski definition) is 15. The van der Waals surface area contributed by atoms with Crippen molar-refractivity contribution < 1.29 is 36.0 Å². The minimum Gasteiger partial charge on any atom is -0.414 e. The monoisotopic (exact) mass is 1220 g/mol. The Morgan fingerprint density at radius 2 is 0.887 bits per heavy atom. The second-order valence-electron chi connectivity index (χ2n) is 32.2. The summed E-state index contributed by atoms with van der Waals surface area (Å²) in [6.45, 7) is 68.6. The maximum atomic E-state index is 14.4. The average molecular weight is 1220 g/mol. The van der Waals surface area contributed by atoms with E-state index in [9.17, 15) is 4.79 Å². The van der Waals surface area contributed by atoms with Gasteiger partial charge in [-0.15, -0.1) is 0 Å². The molecule has 458 valence electrons. The molecule has 0 amide bonds. The number of nitrogens with one attached hydrogen (secondary N) is 1. The molecule has 80 heavy (non-hydrogen) atoms. The van der Waals surface area contributed by atoms with Gasteiger partial charge >= 0.3 is 5.69 Å². The molecular formula is C57H112N8O9Si6. The first-order valence-electron chi connectivity index (χ1n) is 29.4. The molecule has 0 saturated carbocycles. The molecule has 17 nitrogen and oxygen atoms in total. The lowest BCUT2D eigenvalue weighted by Gasteiger charge is -2.44. The van der Waals surface area contributed by atoms with Gasteiger partial charge < -0.3 is 47.1 Å². The maximum absolute atomic E-state index is 14.4. The highest BCUT2D eigenvalue weighted by Gasteiger charge is 2.57. The molecule has 3 N–H and O–H groups in total. The third kappa shape index (κ3) is 15.2. The summed E-state index contributed by atoms with van der Waals surface area (Å²) >= 11 is 0. The van der Waals surface area contributed by atoms with Crippen LogP contribution in [0.2, 0.25) is 109 Å². The maximum Gasteiger partial charge on any atom is 0.351 e. The van der Waals surface area contributed by atoms with Gasteiger partial charge in [0.05, 0.1) is 25.2 Å². The molecule has 5 rings (SSSR count). The Bertz CT molecular complexity index is 2660. The summed E-state index contributed by atoms with van der Waals surface area (Å²) in [5.74, 6) is 0.516. The zero-order valence-electron chi connectivity index (χ0n) is 55.6. The van der Waals surface area contributed by atoms with Crippen molar-refractivity contribution in [1.82, 2.24) is 29.1 Å². The van der Waals surface area contributed by atoms with Crippen molar-refractivity contribution in [2.24, 2.45) is 0 Å². The standard InChI is InChI=1S/C57H112N8O9Si6/c1-52(2,3)75(19,20)67-35-39-43(71-77(23,24)54(7,8)9)45(73-79(27,28)56(13,14)15)48(69-39)64-34-32-41(62-51(64)66)59-33-31-38-42-47(63-50(58)61-38)65(37-60-42)49-46(74-80(29,30)57(16,17)18)44(72-78(25,26)55(10,11)12)40(70-49)36-68-76(21,22)53(4,5)6/h32,34,37,39-40,43-46,48-49H,31,33,35-36H2,1-30H3,(H2,58,61,63)(H,59,62,66)/t39-,40-,43-,44-,45-,46-,48-,49-/m1/s1. The minimum atomic E-state index is -2.46. The molecule has 3 aromatic rings. The van der Waals surface area contributed by atoms with E-state index in [1.54, 1.807) is 17.1 Å². The van der Waals surface area contributed by atoms with Gasteiger partial charge in [-0.1, -0.05) is 125 Å². The summed E-state index contributed by atoms with van der Waals surface area (Å²) in [6, 6.07) is 1.81. The Labute approximate surface area is 489 Å². The Hall–Kier alpha value is -1.99. The summed E-state index contributed by atoms with van der Waals surface area (Å²) in [4.78, 5) is 33.5. The fourth-order valence-corrected chi connectivity index (χ4v) is 15.4. The number of anilines is 2. The minimum absolute atomic E-state index is 0.00281. The van der Waals surface area contributed by atoms with Crippen molar-refractivity contribution in [1.29, 1.82) is 0 Å². The van der Waals surface area contributed by atoms with Gasteiger partial charge in [0.2, 0.25) is 5.95 Å². The van der Waals surface area contributed by atoms with E-state index >= 15 is 0 Å². The molecular weight excluding hydrogens is 1110 g/mol. The van der Waals surface area contributed by atoms with E-state index in [1.165, 1.54) is 0 Å². The number of aromatic nitrogens is 6. The van der Waals surface area contributed by atoms with Gasteiger partial charge in [0.15, 0.2) is 68.0 Å². The van der Waals surface area contributed by atoms with Crippen molar-refractivity contribution in [2.45, 2.75) is 289 Å². The van der Waals surface area contributed by atoms with Crippen LogP contribution in [0.4, 0.5) is 11.8 Å². The summed E-state index contributed by atoms with van der Waals surface area (Å²) in [5.41, 5.74) is 7.88. The fraction of sp³-hybridized carbons (Fsp3) is 0.842. The van der Waals surface area contributed by atoms with Gasteiger partial charge in [-0.3, -0.25) is 9.13 Å². The summed E-state index contributed by atoms with van der Waals surface area (Å²) < 4.78 is 61.1. The predicted octanol–water partition coefficient (Wildman–Crippen LogP) is 14.0. The zero-order chi connectivity index (χ0) is 61.4. The van der Waals surface area contributed by atoms with Crippen LogP contribution in [0.3, 0.4) is 0 Å². The first-order valence-corrected chi connectivity index (χ1v) is 46.8. The Balaban J connectivity index is 1.50. The number of fused-ring (bicyclic) bond motifs is 1. The van der Waals surface area contributed by atoms with Crippen molar-refractivity contribution in [3.8, 4) is 0 Å². The molecule has 0 aromatic carbocycles.